The average Bonchev–Trinajstić information content (AvgIpc) is 2.83. The normalized spacial score (nSPS) is 11.9. The van der Waals surface area contributed by atoms with Gasteiger partial charge in [0.25, 0.3) is 0 Å². The smallest absolute Gasteiger partial charge is 0.187 e. The van der Waals surface area contributed by atoms with Crippen molar-refractivity contribution in [2.24, 2.45) is 10.9 Å². The topological polar surface area (TPSA) is 102 Å². The van der Waals surface area contributed by atoms with Crippen molar-refractivity contribution in [1.82, 2.24) is 20.0 Å². The van der Waals surface area contributed by atoms with Gasteiger partial charge in [-0.1, -0.05) is 19.0 Å². The molecule has 21 heavy (non-hydrogen) atoms. The van der Waals surface area contributed by atoms with Crippen LogP contribution in [-0.2, 0) is 12.8 Å². The maximum atomic E-state index is 9.10. The van der Waals surface area contributed by atoms with Crippen LogP contribution in [0.1, 0.15) is 42.1 Å². The molecule has 7 nitrogen and oxygen atoms in total. The van der Waals surface area contributed by atoms with Crippen molar-refractivity contribution in [3.63, 3.8) is 0 Å². The molecule has 3 N–H and O–H groups in total. The van der Waals surface area contributed by atoms with Crippen molar-refractivity contribution in [1.29, 1.82) is 0 Å². The Hall–Kier alpha value is -2.44. The molecule has 0 aliphatic heterocycles. The molecule has 0 unspecified atom stereocenters. The first kappa shape index (κ1) is 15.0. The molecule has 2 aromatic heterocycles. The fourth-order valence-electron chi connectivity index (χ4n) is 2.47. The number of hydrogen-bond donors (Lipinski definition) is 2. The van der Waals surface area contributed by atoms with E-state index in [4.69, 9.17) is 10.9 Å². The molecular weight excluding hydrogens is 268 g/mol. The minimum absolute atomic E-state index is 0.0269. The molecule has 0 saturated carbocycles. The Balaban J connectivity index is 2.80. The van der Waals surface area contributed by atoms with Gasteiger partial charge in [-0.15, -0.1) is 5.10 Å². The second-order valence-corrected chi connectivity index (χ2v) is 4.86. The zero-order valence-electron chi connectivity index (χ0n) is 12.8. The predicted molar refractivity (Wildman–Crippen MR) is 79.9 cm³/mol. The SMILES string of the molecule is CCc1nnc(-n2nc(C)cc2C)c(/C(N)=N/O)c1CC. The van der Waals surface area contributed by atoms with Crippen LogP contribution in [0.5, 0.6) is 0 Å². The van der Waals surface area contributed by atoms with Gasteiger partial charge >= 0.3 is 0 Å². The third-order valence-electron chi connectivity index (χ3n) is 3.40. The lowest BCUT2D eigenvalue weighted by atomic mass is 10.0. The summed E-state index contributed by atoms with van der Waals surface area (Å²) in [6.45, 7) is 7.84. The van der Waals surface area contributed by atoms with Gasteiger partial charge in [-0.25, -0.2) is 4.68 Å². The minimum Gasteiger partial charge on any atom is -0.409 e. The summed E-state index contributed by atoms with van der Waals surface area (Å²) in [4.78, 5) is 0. The number of nitrogens with two attached hydrogens (primary N) is 1. The van der Waals surface area contributed by atoms with E-state index in [0.717, 1.165) is 35.5 Å². The first-order valence-corrected chi connectivity index (χ1v) is 6.93. The Morgan fingerprint density at radius 2 is 2.00 bits per heavy atom. The maximum absolute atomic E-state index is 9.10. The molecule has 112 valence electrons. The van der Waals surface area contributed by atoms with Gasteiger partial charge in [-0.3, -0.25) is 0 Å². The number of hydrogen-bond acceptors (Lipinski definition) is 5. The van der Waals surface area contributed by atoms with Gasteiger partial charge in [-0.2, -0.15) is 10.2 Å². The van der Waals surface area contributed by atoms with Crippen LogP contribution in [-0.4, -0.2) is 31.0 Å². The van der Waals surface area contributed by atoms with Gasteiger partial charge in [0.15, 0.2) is 11.7 Å². The zero-order chi connectivity index (χ0) is 15.6. The Bertz CT molecular complexity index is 689. The highest BCUT2D eigenvalue weighted by atomic mass is 16.4. The third-order valence-corrected chi connectivity index (χ3v) is 3.40. The number of rotatable bonds is 4. The largest absolute Gasteiger partial charge is 0.409 e. The summed E-state index contributed by atoms with van der Waals surface area (Å²) in [6.07, 6.45) is 1.45. The molecule has 0 saturated heterocycles. The van der Waals surface area contributed by atoms with Crippen LogP contribution in [0.4, 0.5) is 0 Å². The molecule has 0 fully saturated rings. The van der Waals surface area contributed by atoms with Crippen LogP contribution < -0.4 is 5.73 Å². The predicted octanol–water partition coefficient (Wildman–Crippen LogP) is 1.50. The molecule has 7 heteroatoms. The second-order valence-electron chi connectivity index (χ2n) is 4.86. The lowest BCUT2D eigenvalue weighted by molar-refractivity contribution is 0.318. The van der Waals surface area contributed by atoms with Crippen molar-refractivity contribution in [2.75, 3.05) is 0 Å². The number of nitrogens with zero attached hydrogens (tertiary/aromatic N) is 5. The standard InChI is InChI=1S/C14H20N6O/c1-5-10-11(6-2)16-17-14(12(10)13(15)19-21)20-9(4)7-8(3)18-20/h7,21H,5-6H2,1-4H3,(H2,15,19). The van der Waals surface area contributed by atoms with Crippen LogP contribution in [0, 0.1) is 13.8 Å². The highest BCUT2D eigenvalue weighted by molar-refractivity contribution is 6.01. The highest BCUT2D eigenvalue weighted by Gasteiger charge is 2.21. The van der Waals surface area contributed by atoms with Gasteiger partial charge in [-0.05, 0) is 38.3 Å². The van der Waals surface area contributed by atoms with Gasteiger partial charge in [0, 0.05) is 5.69 Å². The first-order chi connectivity index (χ1) is 10.0. The van der Waals surface area contributed by atoms with Gasteiger partial charge in [0.2, 0.25) is 0 Å². The Morgan fingerprint density at radius 1 is 1.29 bits per heavy atom. The molecule has 0 aliphatic rings. The summed E-state index contributed by atoms with van der Waals surface area (Å²) in [5.41, 5.74) is 10.1. The number of aryl methyl sites for hydroxylation is 3. The molecule has 2 rings (SSSR count). The highest BCUT2D eigenvalue weighted by Crippen LogP contribution is 2.21. The van der Waals surface area contributed by atoms with Gasteiger partial charge in [0.05, 0.1) is 17.0 Å². The lowest BCUT2D eigenvalue weighted by Crippen LogP contribution is -2.23. The van der Waals surface area contributed by atoms with Crippen LogP contribution >= 0.6 is 0 Å². The average molecular weight is 288 g/mol. The van der Waals surface area contributed by atoms with Gasteiger partial charge in [0.1, 0.15) is 0 Å². The van der Waals surface area contributed by atoms with E-state index in [1.807, 2.05) is 33.8 Å². The van der Waals surface area contributed by atoms with E-state index in [1.54, 1.807) is 4.68 Å². The minimum atomic E-state index is 0.0269. The van der Waals surface area contributed by atoms with E-state index in [2.05, 4.69) is 20.5 Å². The summed E-state index contributed by atoms with van der Waals surface area (Å²) >= 11 is 0. The van der Waals surface area contributed by atoms with Crippen molar-refractivity contribution in [3.8, 4) is 5.82 Å². The van der Waals surface area contributed by atoms with Gasteiger partial charge < -0.3 is 10.9 Å². The lowest BCUT2D eigenvalue weighted by Gasteiger charge is -2.15. The van der Waals surface area contributed by atoms with E-state index >= 15 is 0 Å². The zero-order valence-corrected chi connectivity index (χ0v) is 12.8. The van der Waals surface area contributed by atoms with Crippen molar-refractivity contribution >= 4 is 5.84 Å². The summed E-state index contributed by atoms with van der Waals surface area (Å²) in [7, 11) is 0. The summed E-state index contributed by atoms with van der Waals surface area (Å²) in [6, 6.07) is 1.94. The number of aromatic nitrogens is 4. The molecule has 0 bridgehead atoms. The summed E-state index contributed by atoms with van der Waals surface area (Å²) < 4.78 is 1.67. The maximum Gasteiger partial charge on any atom is 0.187 e. The monoisotopic (exact) mass is 288 g/mol. The number of amidine groups is 1. The van der Waals surface area contributed by atoms with E-state index in [0.29, 0.717) is 11.4 Å². The molecule has 0 aliphatic carbocycles. The van der Waals surface area contributed by atoms with Crippen LogP contribution in [0.3, 0.4) is 0 Å². The summed E-state index contributed by atoms with van der Waals surface area (Å²) in [5, 5.41) is 25.2. The fourth-order valence-corrected chi connectivity index (χ4v) is 2.47. The molecule has 0 aromatic carbocycles. The molecule has 2 heterocycles. The molecule has 0 radical (unpaired) electrons. The Morgan fingerprint density at radius 3 is 2.48 bits per heavy atom. The molecule has 2 aromatic rings. The summed E-state index contributed by atoms with van der Waals surface area (Å²) in [5.74, 6) is 0.518. The second kappa shape index (κ2) is 5.90. The van der Waals surface area contributed by atoms with Crippen LogP contribution in [0.2, 0.25) is 0 Å². The van der Waals surface area contributed by atoms with E-state index < -0.39 is 0 Å². The molecule has 0 amide bonds. The van der Waals surface area contributed by atoms with Crippen molar-refractivity contribution in [3.05, 3.63) is 34.3 Å². The molecule has 0 atom stereocenters. The first-order valence-electron chi connectivity index (χ1n) is 6.93. The molecular formula is C14H20N6O. The van der Waals surface area contributed by atoms with E-state index in [9.17, 15) is 0 Å². The number of oxime groups is 1. The van der Waals surface area contributed by atoms with Crippen molar-refractivity contribution < 1.29 is 5.21 Å². The van der Waals surface area contributed by atoms with E-state index in [1.165, 1.54) is 0 Å². The molecule has 0 spiro atoms. The fraction of sp³-hybridized carbons (Fsp3) is 0.429. The Kier molecular flexibility index (Phi) is 4.21. The van der Waals surface area contributed by atoms with E-state index in [-0.39, 0.29) is 5.84 Å². The van der Waals surface area contributed by atoms with Crippen LogP contribution in [0.15, 0.2) is 11.2 Å². The quantitative estimate of drug-likeness (QED) is 0.384. The third kappa shape index (κ3) is 2.58. The van der Waals surface area contributed by atoms with Crippen LogP contribution in [0.25, 0.3) is 5.82 Å². The van der Waals surface area contributed by atoms with Crippen molar-refractivity contribution in [2.45, 2.75) is 40.5 Å². The Labute approximate surface area is 123 Å².